The number of rotatable bonds is 5. The van der Waals surface area contributed by atoms with Crippen molar-refractivity contribution in [1.29, 1.82) is 0 Å². The first kappa shape index (κ1) is 40.9. The Labute approximate surface area is 427 Å². The molecule has 14 aromatic rings. The van der Waals surface area contributed by atoms with E-state index in [0.717, 1.165) is 27.5 Å². The SMILES string of the molecule is c1ccc(-c2nc(-c3ccccc3)nc(-n3c4cc5c(cc4c4c6ccccc6ccc43)-c3ccccc3C53c4ccccc4-c4ccc(-c5c6ccccc6c(-c6ccccc6)c6ccccc56)cc43)n2)cc1. The van der Waals surface area contributed by atoms with E-state index >= 15 is 0 Å². The van der Waals surface area contributed by atoms with Gasteiger partial charge in [0, 0.05) is 21.9 Å². The highest BCUT2D eigenvalue weighted by molar-refractivity contribution is 6.23. The van der Waals surface area contributed by atoms with Gasteiger partial charge in [-0.25, -0.2) is 4.98 Å². The summed E-state index contributed by atoms with van der Waals surface area (Å²) < 4.78 is 2.30. The van der Waals surface area contributed by atoms with Crippen LogP contribution in [0.4, 0.5) is 0 Å². The number of hydrogen-bond donors (Lipinski definition) is 0. The summed E-state index contributed by atoms with van der Waals surface area (Å²) in [5.41, 5.74) is 18.3. The number of hydrogen-bond acceptors (Lipinski definition) is 3. The molecule has 0 aliphatic heterocycles. The zero-order valence-corrected chi connectivity index (χ0v) is 40.0. The number of fused-ring (bicyclic) bond motifs is 17. The third-order valence-electron chi connectivity index (χ3n) is 16.0. The molecule has 2 aromatic heterocycles. The van der Waals surface area contributed by atoms with Gasteiger partial charge in [-0.15, -0.1) is 0 Å². The van der Waals surface area contributed by atoms with Crippen molar-refractivity contribution >= 4 is 54.1 Å². The zero-order valence-electron chi connectivity index (χ0n) is 40.0. The molecule has 16 rings (SSSR count). The molecule has 342 valence electrons. The highest BCUT2D eigenvalue weighted by Gasteiger charge is 2.52. The smallest absolute Gasteiger partial charge is 0.238 e. The second kappa shape index (κ2) is 15.6. The van der Waals surface area contributed by atoms with Gasteiger partial charge >= 0.3 is 0 Å². The Balaban J connectivity index is 1.02. The van der Waals surface area contributed by atoms with Crippen molar-refractivity contribution in [3.05, 3.63) is 277 Å². The van der Waals surface area contributed by atoms with Crippen molar-refractivity contribution in [2.45, 2.75) is 5.41 Å². The van der Waals surface area contributed by atoms with Gasteiger partial charge < -0.3 is 0 Å². The minimum Gasteiger partial charge on any atom is -0.278 e. The van der Waals surface area contributed by atoms with E-state index < -0.39 is 5.41 Å². The van der Waals surface area contributed by atoms with Crippen LogP contribution in [0.3, 0.4) is 0 Å². The van der Waals surface area contributed by atoms with Crippen molar-refractivity contribution in [3.63, 3.8) is 0 Å². The number of nitrogens with zero attached hydrogens (tertiary/aromatic N) is 4. The Morgan fingerprint density at radius 1 is 0.284 bits per heavy atom. The lowest BCUT2D eigenvalue weighted by atomic mass is 9.70. The minimum absolute atomic E-state index is 0.574. The predicted octanol–water partition coefficient (Wildman–Crippen LogP) is 17.4. The summed E-state index contributed by atoms with van der Waals surface area (Å²) in [4.78, 5) is 16.0. The Morgan fingerprint density at radius 3 is 1.36 bits per heavy atom. The third kappa shape index (κ3) is 5.65. The highest BCUT2D eigenvalue weighted by atomic mass is 15.2. The lowest BCUT2D eigenvalue weighted by molar-refractivity contribution is 0.794. The summed E-state index contributed by atoms with van der Waals surface area (Å²) in [6.45, 7) is 0. The highest BCUT2D eigenvalue weighted by Crippen LogP contribution is 2.64. The first-order valence-corrected chi connectivity index (χ1v) is 25.4. The van der Waals surface area contributed by atoms with E-state index in [-0.39, 0.29) is 0 Å². The molecule has 4 nitrogen and oxygen atoms in total. The van der Waals surface area contributed by atoms with Crippen molar-refractivity contribution < 1.29 is 0 Å². The third-order valence-corrected chi connectivity index (χ3v) is 16.0. The number of aromatic nitrogens is 4. The largest absolute Gasteiger partial charge is 0.278 e. The van der Waals surface area contributed by atoms with E-state index in [1.165, 1.54) is 104 Å². The van der Waals surface area contributed by atoms with Gasteiger partial charge in [0.1, 0.15) is 0 Å². The van der Waals surface area contributed by atoms with Crippen LogP contribution >= 0.6 is 0 Å². The average molecular weight is 939 g/mol. The second-order valence-corrected chi connectivity index (χ2v) is 19.8. The van der Waals surface area contributed by atoms with Crippen LogP contribution in [-0.4, -0.2) is 19.5 Å². The maximum absolute atomic E-state index is 5.41. The molecule has 0 amide bonds. The summed E-state index contributed by atoms with van der Waals surface area (Å²) in [6.07, 6.45) is 0. The fourth-order valence-electron chi connectivity index (χ4n) is 13.0. The molecule has 1 unspecified atom stereocenters. The maximum atomic E-state index is 5.41. The molecule has 1 atom stereocenters. The quantitative estimate of drug-likeness (QED) is 0.162. The van der Waals surface area contributed by atoms with Crippen molar-refractivity contribution in [3.8, 4) is 73.2 Å². The molecule has 0 N–H and O–H groups in total. The van der Waals surface area contributed by atoms with Gasteiger partial charge in [-0.05, 0) is 123 Å². The van der Waals surface area contributed by atoms with E-state index in [1.807, 2.05) is 36.4 Å². The summed E-state index contributed by atoms with van der Waals surface area (Å²) >= 11 is 0. The summed E-state index contributed by atoms with van der Waals surface area (Å²) in [7, 11) is 0. The molecule has 12 aromatic carbocycles. The van der Waals surface area contributed by atoms with Gasteiger partial charge in [-0.3, -0.25) is 4.57 Å². The molecular formula is C70H42N4. The van der Waals surface area contributed by atoms with E-state index in [2.05, 4.69) is 223 Å². The molecule has 2 heterocycles. The minimum atomic E-state index is -0.648. The predicted molar refractivity (Wildman–Crippen MR) is 305 cm³/mol. The first-order chi connectivity index (χ1) is 36.7. The molecule has 74 heavy (non-hydrogen) atoms. The fraction of sp³-hybridized carbons (Fsp3) is 0.0143. The van der Waals surface area contributed by atoms with Crippen LogP contribution in [0.15, 0.2) is 255 Å². The van der Waals surface area contributed by atoms with Crippen LogP contribution in [0.1, 0.15) is 22.3 Å². The van der Waals surface area contributed by atoms with E-state index in [4.69, 9.17) is 15.0 Å². The van der Waals surface area contributed by atoms with Crippen LogP contribution in [0.25, 0.3) is 127 Å². The second-order valence-electron chi connectivity index (χ2n) is 19.8. The zero-order chi connectivity index (χ0) is 48.5. The molecule has 0 radical (unpaired) electrons. The van der Waals surface area contributed by atoms with Gasteiger partial charge in [0.25, 0.3) is 0 Å². The molecule has 0 saturated carbocycles. The lowest BCUT2D eigenvalue weighted by Crippen LogP contribution is -2.26. The molecule has 2 aliphatic carbocycles. The van der Waals surface area contributed by atoms with E-state index in [0.29, 0.717) is 17.6 Å². The summed E-state index contributed by atoms with van der Waals surface area (Å²) in [5.74, 6) is 1.82. The van der Waals surface area contributed by atoms with Crippen molar-refractivity contribution in [2.24, 2.45) is 0 Å². The van der Waals surface area contributed by atoms with Crippen LogP contribution < -0.4 is 0 Å². The van der Waals surface area contributed by atoms with Crippen LogP contribution in [0, 0.1) is 0 Å². The van der Waals surface area contributed by atoms with Gasteiger partial charge in [0.15, 0.2) is 11.6 Å². The fourth-order valence-corrected chi connectivity index (χ4v) is 13.0. The van der Waals surface area contributed by atoms with Crippen molar-refractivity contribution in [1.82, 2.24) is 19.5 Å². The van der Waals surface area contributed by atoms with E-state index in [1.54, 1.807) is 0 Å². The molecular weight excluding hydrogens is 897 g/mol. The molecule has 0 bridgehead atoms. The summed E-state index contributed by atoms with van der Waals surface area (Å²) in [5, 5.41) is 9.67. The lowest BCUT2D eigenvalue weighted by Gasteiger charge is -2.31. The molecule has 4 heteroatoms. The number of benzene rings is 12. The normalized spacial score (nSPS) is 14.3. The monoisotopic (exact) mass is 938 g/mol. The Bertz CT molecular complexity index is 4540. The topological polar surface area (TPSA) is 43.6 Å². The van der Waals surface area contributed by atoms with Gasteiger partial charge in [0.2, 0.25) is 5.95 Å². The Morgan fingerprint density at radius 2 is 0.757 bits per heavy atom. The van der Waals surface area contributed by atoms with Crippen LogP contribution in [0.2, 0.25) is 0 Å². The molecule has 2 aliphatic rings. The van der Waals surface area contributed by atoms with Gasteiger partial charge in [-0.1, -0.05) is 231 Å². The van der Waals surface area contributed by atoms with Gasteiger partial charge in [-0.2, -0.15) is 9.97 Å². The van der Waals surface area contributed by atoms with Crippen LogP contribution in [0.5, 0.6) is 0 Å². The molecule has 0 fully saturated rings. The molecule has 1 spiro atoms. The van der Waals surface area contributed by atoms with Crippen molar-refractivity contribution in [2.75, 3.05) is 0 Å². The summed E-state index contributed by atoms with van der Waals surface area (Å²) in [6, 6.07) is 93.2. The first-order valence-electron chi connectivity index (χ1n) is 25.4. The van der Waals surface area contributed by atoms with E-state index in [9.17, 15) is 0 Å². The maximum Gasteiger partial charge on any atom is 0.238 e. The van der Waals surface area contributed by atoms with Gasteiger partial charge in [0.05, 0.1) is 16.4 Å². The Hall–Kier alpha value is -9.77. The molecule has 0 saturated heterocycles. The van der Waals surface area contributed by atoms with Crippen LogP contribution in [-0.2, 0) is 5.41 Å². The Kier molecular flexibility index (Phi) is 8.63. The average Bonchev–Trinajstić information content (AvgIpc) is 4.16. The standard InChI is InChI=1S/C70H42N4/c1-4-21-44(22-5-1)64-52-30-12-14-32-54(52)65(55-33-15-13-31-53(55)64)47-36-38-51-49-28-16-18-34-58(49)70(60(51)40-47)59-35-19-17-29-50(59)56-41-57-63(42-61(56)70)74(62-39-37-43-20-10-11-27-48(43)66(57)62)69-72-67(45-23-6-2-7-24-45)71-68(73-69)46-25-8-3-9-26-46/h1-42H.